The number of H-pyrrole nitrogens is 1. The Hall–Kier alpha value is -3.68. The van der Waals surface area contributed by atoms with Crippen LogP contribution in [0.15, 0.2) is 46.1 Å². The number of para-hydroxylation sites is 1. The largest absolute Gasteiger partial charge is 0.361 e. The number of hydrogen-bond donors (Lipinski definition) is 2. The van der Waals surface area contributed by atoms with E-state index in [1.54, 1.807) is 13.0 Å². The highest BCUT2D eigenvalue weighted by molar-refractivity contribution is 6.05. The first-order valence-electron chi connectivity index (χ1n) is 9.29. The number of aromatic nitrogens is 4. The molecule has 29 heavy (non-hydrogen) atoms. The molecule has 1 aromatic carbocycles. The number of benzene rings is 1. The molecule has 4 rings (SSSR count). The lowest BCUT2D eigenvalue weighted by Gasteiger charge is -2.12. The van der Waals surface area contributed by atoms with E-state index in [0.717, 1.165) is 21.0 Å². The highest BCUT2D eigenvalue weighted by Gasteiger charge is 2.19. The molecule has 0 atom stereocenters. The van der Waals surface area contributed by atoms with Crippen molar-refractivity contribution in [1.82, 2.24) is 24.4 Å². The van der Waals surface area contributed by atoms with Crippen LogP contribution in [0.5, 0.6) is 0 Å². The summed E-state index contributed by atoms with van der Waals surface area (Å²) in [4.78, 5) is 45.3. The molecule has 0 saturated heterocycles. The van der Waals surface area contributed by atoms with Gasteiger partial charge in [0.25, 0.3) is 11.5 Å². The van der Waals surface area contributed by atoms with Gasteiger partial charge in [-0.15, -0.1) is 0 Å². The van der Waals surface area contributed by atoms with Gasteiger partial charge in [-0.3, -0.25) is 18.7 Å². The molecule has 2 N–H and O–H groups in total. The zero-order valence-corrected chi connectivity index (χ0v) is 16.4. The first kappa shape index (κ1) is 18.7. The van der Waals surface area contributed by atoms with Crippen molar-refractivity contribution in [2.45, 2.75) is 13.3 Å². The number of fused-ring (bicyclic) bond motifs is 2. The van der Waals surface area contributed by atoms with Gasteiger partial charge in [-0.2, -0.15) is 0 Å². The minimum absolute atomic E-state index is 0.143. The number of pyridine rings is 1. The SMILES string of the molecule is Cc1cc(C(=O)NCCc2c[nH]c3ccccc23)c2c(=O)n(C)c(=O)n(C)c2n1. The zero-order valence-electron chi connectivity index (χ0n) is 16.4. The number of rotatable bonds is 4. The molecule has 0 saturated carbocycles. The third-order valence-electron chi connectivity index (χ3n) is 5.14. The second-order valence-electron chi connectivity index (χ2n) is 7.08. The Morgan fingerprint density at radius 1 is 1.17 bits per heavy atom. The molecule has 0 fully saturated rings. The van der Waals surface area contributed by atoms with Gasteiger partial charge in [0.05, 0.1) is 10.9 Å². The van der Waals surface area contributed by atoms with E-state index in [9.17, 15) is 14.4 Å². The molecule has 3 aromatic heterocycles. The Morgan fingerprint density at radius 3 is 2.72 bits per heavy atom. The summed E-state index contributed by atoms with van der Waals surface area (Å²) in [5, 5.41) is 4.15. The quantitative estimate of drug-likeness (QED) is 0.549. The van der Waals surface area contributed by atoms with Gasteiger partial charge < -0.3 is 10.3 Å². The van der Waals surface area contributed by atoms with E-state index in [0.29, 0.717) is 18.7 Å². The Balaban J connectivity index is 1.65. The molecular formula is C21H21N5O3. The van der Waals surface area contributed by atoms with Gasteiger partial charge in [-0.1, -0.05) is 18.2 Å². The van der Waals surface area contributed by atoms with Crippen molar-refractivity contribution < 1.29 is 4.79 Å². The maximum Gasteiger partial charge on any atom is 0.332 e. The van der Waals surface area contributed by atoms with Crippen molar-refractivity contribution in [3.8, 4) is 0 Å². The molecule has 0 aliphatic rings. The van der Waals surface area contributed by atoms with Crippen LogP contribution in [0.25, 0.3) is 21.9 Å². The number of carbonyl (C=O) groups is 1. The van der Waals surface area contributed by atoms with Crippen molar-refractivity contribution in [3.05, 3.63) is 74.2 Å². The average molecular weight is 391 g/mol. The van der Waals surface area contributed by atoms with E-state index in [4.69, 9.17) is 0 Å². The number of carbonyl (C=O) groups excluding carboxylic acids is 1. The predicted octanol–water partition coefficient (Wildman–Crippen LogP) is 1.39. The molecular weight excluding hydrogens is 370 g/mol. The summed E-state index contributed by atoms with van der Waals surface area (Å²) in [5.74, 6) is -0.365. The molecule has 0 aliphatic heterocycles. The maximum absolute atomic E-state index is 12.9. The third-order valence-corrected chi connectivity index (χ3v) is 5.14. The van der Waals surface area contributed by atoms with Gasteiger partial charge in [0, 0.05) is 43.4 Å². The summed E-state index contributed by atoms with van der Waals surface area (Å²) in [6, 6.07) is 9.56. The smallest absolute Gasteiger partial charge is 0.332 e. The number of aromatic amines is 1. The lowest BCUT2D eigenvalue weighted by molar-refractivity contribution is 0.0955. The molecule has 8 heteroatoms. The van der Waals surface area contributed by atoms with Crippen LogP contribution in [0.4, 0.5) is 0 Å². The van der Waals surface area contributed by atoms with Crippen LogP contribution in [0.3, 0.4) is 0 Å². The van der Waals surface area contributed by atoms with Crippen molar-refractivity contribution >= 4 is 27.8 Å². The molecule has 0 radical (unpaired) electrons. The number of nitrogens with zero attached hydrogens (tertiary/aromatic N) is 3. The van der Waals surface area contributed by atoms with Crippen LogP contribution >= 0.6 is 0 Å². The lowest BCUT2D eigenvalue weighted by atomic mass is 10.1. The lowest BCUT2D eigenvalue weighted by Crippen LogP contribution is -2.39. The minimum Gasteiger partial charge on any atom is -0.361 e. The standard InChI is InChI=1S/C21H21N5O3/c1-12-10-15(17-18(24-12)25(2)21(29)26(3)20(17)28)19(27)22-9-8-13-11-23-16-7-5-4-6-14(13)16/h4-7,10-11,23H,8-9H2,1-3H3,(H,22,27). The van der Waals surface area contributed by atoms with Crippen LogP contribution in [-0.2, 0) is 20.5 Å². The van der Waals surface area contributed by atoms with Gasteiger partial charge in [-0.05, 0) is 31.0 Å². The molecule has 4 aromatic rings. The minimum atomic E-state index is -0.530. The summed E-state index contributed by atoms with van der Waals surface area (Å²) < 4.78 is 2.27. The summed E-state index contributed by atoms with van der Waals surface area (Å²) in [5.41, 5.74) is 2.14. The second kappa shape index (κ2) is 7.05. The van der Waals surface area contributed by atoms with Crippen molar-refractivity contribution in [2.75, 3.05) is 6.54 Å². The second-order valence-corrected chi connectivity index (χ2v) is 7.08. The van der Waals surface area contributed by atoms with E-state index in [1.165, 1.54) is 18.7 Å². The van der Waals surface area contributed by atoms with Gasteiger partial charge in [-0.25, -0.2) is 9.78 Å². The van der Waals surface area contributed by atoms with Crippen molar-refractivity contribution in [2.24, 2.45) is 14.1 Å². The van der Waals surface area contributed by atoms with Gasteiger partial charge in [0.1, 0.15) is 5.65 Å². The van der Waals surface area contributed by atoms with Gasteiger partial charge >= 0.3 is 5.69 Å². The molecule has 0 spiro atoms. The highest BCUT2D eigenvalue weighted by atomic mass is 16.2. The molecule has 3 heterocycles. The molecule has 148 valence electrons. The maximum atomic E-state index is 12.9. The fourth-order valence-corrected chi connectivity index (χ4v) is 3.60. The number of amides is 1. The highest BCUT2D eigenvalue weighted by Crippen LogP contribution is 2.18. The van der Waals surface area contributed by atoms with E-state index in [2.05, 4.69) is 15.3 Å². The molecule has 8 nitrogen and oxygen atoms in total. The zero-order chi connectivity index (χ0) is 20.7. The number of aryl methyl sites for hydroxylation is 2. The van der Waals surface area contributed by atoms with Crippen LogP contribution in [0, 0.1) is 6.92 Å². The van der Waals surface area contributed by atoms with Crippen LogP contribution in [0.1, 0.15) is 21.6 Å². The first-order chi connectivity index (χ1) is 13.9. The van der Waals surface area contributed by atoms with Gasteiger partial charge in [0.2, 0.25) is 0 Å². The molecule has 1 amide bonds. The predicted molar refractivity (Wildman–Crippen MR) is 111 cm³/mol. The molecule has 0 unspecified atom stereocenters. The van der Waals surface area contributed by atoms with Crippen molar-refractivity contribution in [3.63, 3.8) is 0 Å². The molecule has 0 aliphatic carbocycles. The Bertz CT molecular complexity index is 1380. The Morgan fingerprint density at radius 2 is 1.93 bits per heavy atom. The Kier molecular flexibility index (Phi) is 4.54. The van der Waals surface area contributed by atoms with E-state index < -0.39 is 11.2 Å². The average Bonchev–Trinajstić information content (AvgIpc) is 3.13. The van der Waals surface area contributed by atoms with Gasteiger partial charge in [0.15, 0.2) is 0 Å². The molecule has 0 bridgehead atoms. The van der Waals surface area contributed by atoms with Crippen LogP contribution < -0.4 is 16.6 Å². The summed E-state index contributed by atoms with van der Waals surface area (Å²) >= 11 is 0. The van der Waals surface area contributed by atoms with Crippen LogP contribution in [0.2, 0.25) is 0 Å². The monoisotopic (exact) mass is 391 g/mol. The van der Waals surface area contributed by atoms with E-state index in [1.807, 2.05) is 30.5 Å². The third kappa shape index (κ3) is 3.12. The normalized spacial score (nSPS) is 11.3. The number of hydrogen-bond acceptors (Lipinski definition) is 4. The van der Waals surface area contributed by atoms with E-state index in [-0.39, 0.29) is 22.5 Å². The fourth-order valence-electron chi connectivity index (χ4n) is 3.60. The Labute approximate surface area is 165 Å². The summed E-state index contributed by atoms with van der Waals surface area (Å²) in [6.45, 7) is 2.14. The first-order valence-corrected chi connectivity index (χ1v) is 9.29. The summed E-state index contributed by atoms with van der Waals surface area (Å²) in [7, 11) is 2.93. The number of nitrogens with one attached hydrogen (secondary N) is 2. The summed E-state index contributed by atoms with van der Waals surface area (Å²) in [6.07, 6.45) is 2.59. The fraction of sp³-hybridized carbons (Fsp3) is 0.238. The van der Waals surface area contributed by atoms with Crippen molar-refractivity contribution in [1.29, 1.82) is 0 Å². The van der Waals surface area contributed by atoms with Crippen LogP contribution in [-0.4, -0.2) is 31.6 Å². The van der Waals surface area contributed by atoms with E-state index >= 15 is 0 Å². The topological polar surface area (TPSA) is 102 Å².